The third-order valence-corrected chi connectivity index (χ3v) is 13.6. The first kappa shape index (κ1) is 64.8. The molecule has 0 radical (unpaired) electrons. The second kappa shape index (κ2) is 25.9. The molecule has 0 spiro atoms. The van der Waals surface area contributed by atoms with Crippen LogP contribution in [0.2, 0.25) is 10.0 Å². The Kier molecular flexibility index (Phi) is 19.5. The molecular weight excluding hydrogens is 1140 g/mol. The lowest BCUT2D eigenvalue weighted by atomic mass is 9.76. The summed E-state index contributed by atoms with van der Waals surface area (Å²) >= 11 is 12.3. The van der Waals surface area contributed by atoms with Crippen molar-refractivity contribution in [2.45, 2.75) is 142 Å². The minimum atomic E-state index is -1.97. The van der Waals surface area contributed by atoms with Gasteiger partial charge in [0.2, 0.25) is 0 Å². The first-order valence-corrected chi connectivity index (χ1v) is 28.5. The molecule has 20 heteroatoms. The number of hydrogen-bond donors (Lipinski definition) is 2. The number of amides is 8. The summed E-state index contributed by atoms with van der Waals surface area (Å²) in [6, 6.07) is 44.7. The highest BCUT2D eigenvalue weighted by molar-refractivity contribution is 6.30. The SMILES string of the molecule is CC(C)(C)OC(=O)NN(C(=O)OC(C)(C)C)[C@]1(Cc2ccc(Cl)cc2)C(=O)N(Cc2ccccc2)C(=O)c2ccccc21.CC(C)(C)OC(=O)NN(C(=O)OC(C)(C)C)[C@]1(Cc2ccc(Cl)cc2)C(=O)N(Cc2ccccc2)C(=O)c2ccccc21. The Bertz CT molecular complexity index is 3250. The number of imide groups is 2. The van der Waals surface area contributed by atoms with Crippen LogP contribution in [0.1, 0.15) is 137 Å². The van der Waals surface area contributed by atoms with Gasteiger partial charge in [0.1, 0.15) is 22.4 Å². The average Bonchev–Trinajstić information content (AvgIpc) is 0.820. The van der Waals surface area contributed by atoms with Gasteiger partial charge in [-0.15, -0.1) is 0 Å². The third-order valence-electron chi connectivity index (χ3n) is 13.1. The van der Waals surface area contributed by atoms with Crippen LogP contribution in [0.25, 0.3) is 0 Å². The van der Waals surface area contributed by atoms with Gasteiger partial charge in [-0.3, -0.25) is 29.0 Å². The van der Waals surface area contributed by atoms with Gasteiger partial charge in [0.25, 0.3) is 23.6 Å². The molecule has 6 aromatic rings. The predicted octanol–water partition coefficient (Wildman–Crippen LogP) is 13.3. The molecule has 0 aromatic heterocycles. The largest absolute Gasteiger partial charge is 0.443 e. The molecule has 2 N–H and O–H groups in total. The molecule has 452 valence electrons. The van der Waals surface area contributed by atoms with Gasteiger partial charge < -0.3 is 18.9 Å². The normalized spacial score (nSPS) is 16.8. The molecule has 8 rings (SSSR count). The number of rotatable bonds is 10. The number of ether oxygens (including phenoxy) is 4. The van der Waals surface area contributed by atoms with Gasteiger partial charge in [-0.25, -0.2) is 30.0 Å². The molecule has 2 aliphatic rings. The fourth-order valence-electron chi connectivity index (χ4n) is 9.75. The Balaban J connectivity index is 0.000000246. The number of hydrazine groups is 2. The second-order valence-corrected chi connectivity index (χ2v) is 25.5. The van der Waals surface area contributed by atoms with Crippen LogP contribution in [0.3, 0.4) is 0 Å². The van der Waals surface area contributed by atoms with Crippen molar-refractivity contribution in [1.82, 2.24) is 30.7 Å². The molecule has 0 saturated heterocycles. The molecule has 2 aliphatic heterocycles. The third kappa shape index (κ3) is 15.6. The highest BCUT2D eigenvalue weighted by Gasteiger charge is 2.60. The van der Waals surface area contributed by atoms with E-state index in [0.29, 0.717) is 32.3 Å². The van der Waals surface area contributed by atoms with Gasteiger partial charge in [0.05, 0.1) is 13.1 Å². The van der Waals surface area contributed by atoms with Crippen LogP contribution in [-0.2, 0) is 65.5 Å². The zero-order valence-corrected chi connectivity index (χ0v) is 51.8. The summed E-state index contributed by atoms with van der Waals surface area (Å²) in [5.74, 6) is -2.51. The van der Waals surface area contributed by atoms with E-state index in [0.717, 1.165) is 19.8 Å². The Hall–Kier alpha value is -8.74. The molecule has 8 amide bonds. The van der Waals surface area contributed by atoms with Crippen LogP contribution in [0, 0.1) is 0 Å². The maximum absolute atomic E-state index is 14.9. The first-order chi connectivity index (χ1) is 40.2. The average molecular weight is 1210 g/mol. The second-order valence-electron chi connectivity index (χ2n) is 24.6. The Labute approximate surface area is 511 Å². The van der Waals surface area contributed by atoms with Crippen molar-refractivity contribution in [2.75, 3.05) is 0 Å². The highest BCUT2D eigenvalue weighted by Crippen LogP contribution is 2.44. The topological polar surface area (TPSA) is 210 Å². The van der Waals surface area contributed by atoms with Crippen LogP contribution in [-0.4, -0.2) is 90.2 Å². The van der Waals surface area contributed by atoms with E-state index in [4.69, 9.17) is 42.1 Å². The van der Waals surface area contributed by atoms with Crippen molar-refractivity contribution in [3.05, 3.63) is 212 Å². The summed E-state index contributed by atoms with van der Waals surface area (Å²) in [5.41, 5.74) is 0.762. The number of hydrogen-bond acceptors (Lipinski definition) is 12. The van der Waals surface area contributed by atoms with Gasteiger partial charge >= 0.3 is 24.4 Å². The van der Waals surface area contributed by atoms with E-state index in [1.165, 1.54) is 0 Å². The first-order valence-electron chi connectivity index (χ1n) is 27.8. The van der Waals surface area contributed by atoms with Crippen molar-refractivity contribution in [2.24, 2.45) is 0 Å². The summed E-state index contributed by atoms with van der Waals surface area (Å²) in [6.07, 6.45) is -4.24. The number of halogens is 2. The minimum Gasteiger partial charge on any atom is -0.443 e. The molecule has 86 heavy (non-hydrogen) atoms. The van der Waals surface area contributed by atoms with Gasteiger partial charge in [-0.1, -0.05) is 145 Å². The van der Waals surface area contributed by atoms with E-state index in [2.05, 4.69) is 10.9 Å². The minimum absolute atomic E-state index is 0.0657. The zero-order valence-electron chi connectivity index (χ0n) is 50.3. The van der Waals surface area contributed by atoms with Crippen molar-refractivity contribution >= 4 is 71.2 Å². The standard InChI is InChI=1S/2C33H36ClN3O6/c2*1-31(2,3)42-29(40)35-37(30(41)43-32(4,5)6)33(20-22-16-18-24(34)19-17-22)26-15-11-10-14-25(26)27(38)36(28(33)39)21-23-12-8-7-9-13-23/h2*7-19H,20-21H2,1-6H3,(H,35,40)/t2*33-/m00/s1. The lowest BCUT2D eigenvalue weighted by molar-refractivity contribution is -0.147. The maximum Gasteiger partial charge on any atom is 0.430 e. The Morgan fingerprint density at radius 2 is 0.698 bits per heavy atom. The summed E-state index contributed by atoms with van der Waals surface area (Å²) in [6.45, 7) is 19.9. The Morgan fingerprint density at radius 3 is 1.00 bits per heavy atom. The van der Waals surface area contributed by atoms with Crippen molar-refractivity contribution in [3.63, 3.8) is 0 Å². The maximum atomic E-state index is 14.9. The van der Waals surface area contributed by atoms with Gasteiger partial charge in [-0.2, -0.15) is 10.0 Å². The van der Waals surface area contributed by atoms with Crippen molar-refractivity contribution in [1.29, 1.82) is 0 Å². The number of carbonyl (C=O) groups is 8. The van der Waals surface area contributed by atoms with Crippen LogP contribution in [0.4, 0.5) is 19.2 Å². The van der Waals surface area contributed by atoms with E-state index in [1.807, 2.05) is 12.1 Å². The van der Waals surface area contributed by atoms with Gasteiger partial charge in [-0.05, 0) is 142 Å². The molecule has 18 nitrogen and oxygen atoms in total. The quantitative estimate of drug-likeness (QED) is 0.0745. The molecule has 0 saturated carbocycles. The summed E-state index contributed by atoms with van der Waals surface area (Å²) < 4.78 is 22.5. The summed E-state index contributed by atoms with van der Waals surface area (Å²) in [4.78, 5) is 115. The fraction of sp³-hybridized carbons (Fsp3) is 0.333. The zero-order chi connectivity index (χ0) is 63.2. The lowest BCUT2D eigenvalue weighted by Crippen LogP contribution is -2.69. The van der Waals surface area contributed by atoms with Gasteiger partial charge in [0, 0.05) is 45.1 Å². The van der Waals surface area contributed by atoms with Crippen LogP contribution < -0.4 is 10.9 Å². The van der Waals surface area contributed by atoms with E-state index >= 15 is 0 Å². The molecule has 0 unspecified atom stereocenters. The number of fused-ring (bicyclic) bond motifs is 2. The van der Waals surface area contributed by atoms with Crippen molar-refractivity contribution < 1.29 is 57.3 Å². The van der Waals surface area contributed by atoms with E-state index in [-0.39, 0.29) is 48.2 Å². The van der Waals surface area contributed by atoms with Gasteiger partial charge in [0.15, 0.2) is 11.1 Å². The molecule has 2 atom stereocenters. The van der Waals surface area contributed by atoms with Crippen LogP contribution in [0.5, 0.6) is 0 Å². The molecule has 0 bridgehead atoms. The molecule has 2 heterocycles. The summed E-state index contributed by atoms with van der Waals surface area (Å²) in [7, 11) is 0. The predicted molar refractivity (Wildman–Crippen MR) is 324 cm³/mol. The Morgan fingerprint density at radius 1 is 0.407 bits per heavy atom. The van der Waals surface area contributed by atoms with E-state index in [9.17, 15) is 38.4 Å². The monoisotopic (exact) mass is 1210 g/mol. The molecular formula is C66H72Cl2N6O12. The number of carbonyl (C=O) groups excluding carboxylic acids is 8. The van der Waals surface area contributed by atoms with Crippen LogP contribution in [0.15, 0.2) is 158 Å². The molecule has 0 fully saturated rings. The van der Waals surface area contributed by atoms with Crippen LogP contribution >= 0.6 is 23.2 Å². The lowest BCUT2D eigenvalue weighted by Gasteiger charge is -2.47. The highest BCUT2D eigenvalue weighted by atomic mass is 35.5. The number of nitrogens with one attached hydrogen (secondary N) is 2. The number of nitrogens with zero attached hydrogens (tertiary/aromatic N) is 4. The smallest absolute Gasteiger partial charge is 0.430 e. The number of benzene rings is 6. The van der Waals surface area contributed by atoms with Crippen molar-refractivity contribution in [3.8, 4) is 0 Å². The molecule has 6 aromatic carbocycles. The van der Waals surface area contributed by atoms with E-state index < -0.39 is 81.5 Å². The molecule has 0 aliphatic carbocycles. The van der Waals surface area contributed by atoms with E-state index in [1.54, 1.807) is 229 Å². The summed E-state index contributed by atoms with van der Waals surface area (Å²) in [5, 5.41) is 2.69. The fourth-order valence-corrected chi connectivity index (χ4v) is 10.0.